The second kappa shape index (κ2) is 3.45. The molecule has 0 aromatic heterocycles. The maximum atomic E-state index is 14.3. The highest BCUT2D eigenvalue weighted by molar-refractivity contribution is 5.83. The molecule has 1 fully saturated rings. The van der Waals surface area contributed by atoms with Crippen LogP contribution in [0.3, 0.4) is 0 Å². The highest BCUT2D eigenvalue weighted by Gasteiger charge is 2.48. The zero-order valence-electron chi connectivity index (χ0n) is 9.33. The van der Waals surface area contributed by atoms with Crippen molar-refractivity contribution in [2.45, 2.75) is 31.1 Å². The van der Waals surface area contributed by atoms with Gasteiger partial charge in [0.1, 0.15) is 11.6 Å². The number of rotatable bonds is 2. The molecule has 1 aromatic carbocycles. The molecular formula is C13H13FO3. The molecule has 3 rings (SSSR count). The average molecular weight is 236 g/mol. The van der Waals surface area contributed by atoms with Crippen LogP contribution in [0.25, 0.3) is 0 Å². The highest BCUT2D eigenvalue weighted by Crippen LogP contribution is 2.46. The Kier molecular flexibility index (Phi) is 2.15. The lowest BCUT2D eigenvalue weighted by Crippen LogP contribution is -2.43. The van der Waals surface area contributed by atoms with E-state index < -0.39 is 11.4 Å². The van der Waals surface area contributed by atoms with Crippen molar-refractivity contribution in [3.63, 3.8) is 0 Å². The van der Waals surface area contributed by atoms with Gasteiger partial charge in [0.05, 0.1) is 12.0 Å². The van der Waals surface area contributed by atoms with Crippen molar-refractivity contribution in [1.29, 1.82) is 0 Å². The largest absolute Gasteiger partial charge is 0.493 e. The monoisotopic (exact) mass is 236 g/mol. The Morgan fingerprint density at radius 2 is 2.18 bits per heavy atom. The minimum Gasteiger partial charge on any atom is -0.493 e. The van der Waals surface area contributed by atoms with Gasteiger partial charge in [-0.2, -0.15) is 0 Å². The number of carbonyl (C=O) groups is 1. The van der Waals surface area contributed by atoms with Crippen molar-refractivity contribution < 1.29 is 19.0 Å². The first-order valence-electron chi connectivity index (χ1n) is 5.83. The van der Waals surface area contributed by atoms with Gasteiger partial charge in [-0.05, 0) is 18.9 Å². The Morgan fingerprint density at radius 3 is 2.76 bits per heavy atom. The third kappa shape index (κ3) is 1.30. The SMILES string of the molecule is O=C(O)C1(c2ccc3c(c2F)CCO3)CCC1. The van der Waals surface area contributed by atoms with Crippen LogP contribution >= 0.6 is 0 Å². The molecule has 1 saturated carbocycles. The second-order valence-electron chi connectivity index (χ2n) is 4.74. The molecule has 17 heavy (non-hydrogen) atoms. The van der Waals surface area contributed by atoms with Gasteiger partial charge in [0.15, 0.2) is 0 Å². The number of benzene rings is 1. The first-order chi connectivity index (χ1) is 8.15. The van der Waals surface area contributed by atoms with E-state index in [0.717, 1.165) is 6.42 Å². The predicted octanol–water partition coefficient (Wildman–Crippen LogP) is 2.27. The van der Waals surface area contributed by atoms with Gasteiger partial charge in [-0.25, -0.2) is 4.39 Å². The fourth-order valence-electron chi connectivity index (χ4n) is 2.73. The normalized spacial score (nSPS) is 20.3. The van der Waals surface area contributed by atoms with Crippen LogP contribution < -0.4 is 4.74 Å². The summed E-state index contributed by atoms with van der Waals surface area (Å²) in [5.41, 5.74) is -0.127. The smallest absolute Gasteiger partial charge is 0.314 e. The summed E-state index contributed by atoms with van der Waals surface area (Å²) < 4.78 is 19.6. The van der Waals surface area contributed by atoms with Crippen molar-refractivity contribution in [1.82, 2.24) is 0 Å². The van der Waals surface area contributed by atoms with Crippen LogP contribution in [-0.2, 0) is 16.6 Å². The van der Waals surface area contributed by atoms with Gasteiger partial charge in [-0.1, -0.05) is 12.5 Å². The van der Waals surface area contributed by atoms with E-state index in [4.69, 9.17) is 4.74 Å². The molecule has 0 radical (unpaired) electrons. The molecule has 0 atom stereocenters. The fourth-order valence-corrected chi connectivity index (χ4v) is 2.73. The van der Waals surface area contributed by atoms with Crippen molar-refractivity contribution in [2.75, 3.05) is 6.61 Å². The number of carboxylic acid groups (broad SMARTS) is 1. The molecule has 0 unspecified atom stereocenters. The third-order valence-corrected chi connectivity index (χ3v) is 3.94. The molecule has 0 spiro atoms. The molecular weight excluding hydrogens is 223 g/mol. The Balaban J connectivity index is 2.12. The van der Waals surface area contributed by atoms with Crippen LogP contribution in [0, 0.1) is 5.82 Å². The Labute approximate surface area is 98.2 Å². The van der Waals surface area contributed by atoms with E-state index in [0.29, 0.717) is 42.7 Å². The van der Waals surface area contributed by atoms with E-state index >= 15 is 0 Å². The molecule has 1 aromatic rings. The van der Waals surface area contributed by atoms with E-state index in [-0.39, 0.29) is 5.82 Å². The minimum absolute atomic E-state index is 0.334. The summed E-state index contributed by atoms with van der Waals surface area (Å²) in [6, 6.07) is 3.27. The van der Waals surface area contributed by atoms with Crippen LogP contribution in [0.2, 0.25) is 0 Å². The third-order valence-electron chi connectivity index (χ3n) is 3.94. The van der Waals surface area contributed by atoms with Crippen molar-refractivity contribution >= 4 is 5.97 Å². The van der Waals surface area contributed by atoms with Gasteiger partial charge in [0.2, 0.25) is 0 Å². The summed E-state index contributed by atoms with van der Waals surface area (Å²) in [5, 5.41) is 9.31. The quantitative estimate of drug-likeness (QED) is 0.856. The number of halogens is 1. The number of fused-ring (bicyclic) bond motifs is 1. The first-order valence-corrected chi connectivity index (χ1v) is 5.83. The maximum Gasteiger partial charge on any atom is 0.314 e. The van der Waals surface area contributed by atoms with Crippen LogP contribution in [0.15, 0.2) is 12.1 Å². The van der Waals surface area contributed by atoms with E-state index in [1.54, 1.807) is 12.1 Å². The fraction of sp³-hybridized carbons (Fsp3) is 0.462. The van der Waals surface area contributed by atoms with Gasteiger partial charge >= 0.3 is 5.97 Å². The molecule has 2 aliphatic rings. The summed E-state index contributed by atoms with van der Waals surface area (Å²) in [5.74, 6) is -0.727. The van der Waals surface area contributed by atoms with E-state index in [1.165, 1.54) is 0 Å². The topological polar surface area (TPSA) is 46.5 Å². The summed E-state index contributed by atoms with van der Waals surface area (Å²) in [4.78, 5) is 11.4. The Hall–Kier alpha value is -1.58. The molecule has 1 aliphatic carbocycles. The number of ether oxygens (including phenoxy) is 1. The standard InChI is InChI=1S/C13H13FO3/c14-11-8-4-7-17-10(8)3-2-9(11)13(12(15)16)5-1-6-13/h2-3H,1,4-7H2,(H,15,16). The molecule has 1 heterocycles. The van der Waals surface area contributed by atoms with Crippen molar-refractivity contribution in [2.24, 2.45) is 0 Å². The summed E-state index contributed by atoms with van der Waals surface area (Å²) in [6.07, 6.45) is 2.43. The summed E-state index contributed by atoms with van der Waals surface area (Å²) in [7, 11) is 0. The molecule has 3 nitrogen and oxygen atoms in total. The van der Waals surface area contributed by atoms with Crippen LogP contribution in [-0.4, -0.2) is 17.7 Å². The molecule has 0 bridgehead atoms. The van der Waals surface area contributed by atoms with E-state index in [2.05, 4.69) is 0 Å². The predicted molar refractivity (Wildman–Crippen MR) is 58.8 cm³/mol. The Morgan fingerprint density at radius 1 is 1.41 bits per heavy atom. The van der Waals surface area contributed by atoms with E-state index in [9.17, 15) is 14.3 Å². The first kappa shape index (κ1) is 10.6. The lowest BCUT2D eigenvalue weighted by Gasteiger charge is -2.38. The molecule has 0 saturated heterocycles. The van der Waals surface area contributed by atoms with Gasteiger partial charge in [-0.15, -0.1) is 0 Å². The van der Waals surface area contributed by atoms with Crippen LogP contribution in [0.5, 0.6) is 5.75 Å². The van der Waals surface area contributed by atoms with Gasteiger partial charge in [0.25, 0.3) is 0 Å². The maximum absolute atomic E-state index is 14.3. The van der Waals surface area contributed by atoms with Gasteiger partial charge < -0.3 is 9.84 Å². The Bertz CT molecular complexity index is 492. The number of carboxylic acids is 1. The number of hydrogen-bond acceptors (Lipinski definition) is 2. The zero-order chi connectivity index (χ0) is 12.0. The van der Waals surface area contributed by atoms with Crippen LogP contribution in [0.4, 0.5) is 4.39 Å². The average Bonchev–Trinajstić information content (AvgIpc) is 2.67. The number of aliphatic carboxylic acids is 1. The molecule has 1 N–H and O–H groups in total. The van der Waals surface area contributed by atoms with E-state index in [1.807, 2.05) is 0 Å². The molecule has 4 heteroatoms. The summed E-state index contributed by atoms with van der Waals surface area (Å²) in [6.45, 7) is 0.482. The highest BCUT2D eigenvalue weighted by atomic mass is 19.1. The van der Waals surface area contributed by atoms with Gasteiger partial charge in [0, 0.05) is 17.5 Å². The molecule has 1 aliphatic heterocycles. The molecule has 0 amide bonds. The van der Waals surface area contributed by atoms with Crippen molar-refractivity contribution in [3.05, 3.63) is 29.1 Å². The lowest BCUT2D eigenvalue weighted by atomic mass is 9.64. The summed E-state index contributed by atoms with van der Waals surface area (Å²) >= 11 is 0. The van der Waals surface area contributed by atoms with Crippen molar-refractivity contribution in [3.8, 4) is 5.75 Å². The lowest BCUT2D eigenvalue weighted by molar-refractivity contribution is -0.147. The zero-order valence-corrected chi connectivity index (χ0v) is 9.33. The minimum atomic E-state index is -0.998. The van der Waals surface area contributed by atoms with Crippen LogP contribution in [0.1, 0.15) is 30.4 Å². The molecule has 90 valence electrons. The number of hydrogen-bond donors (Lipinski definition) is 1. The second-order valence-corrected chi connectivity index (χ2v) is 4.74. The van der Waals surface area contributed by atoms with Gasteiger partial charge in [-0.3, -0.25) is 4.79 Å².